The van der Waals surface area contributed by atoms with Gasteiger partial charge >= 0.3 is 0 Å². The van der Waals surface area contributed by atoms with Crippen molar-refractivity contribution in [2.24, 2.45) is 11.8 Å². The number of nitrogens with zero attached hydrogens (tertiary/aromatic N) is 3. The summed E-state index contributed by atoms with van der Waals surface area (Å²) in [6, 6.07) is 7.60. The highest BCUT2D eigenvalue weighted by atomic mass is 16.5. The molecule has 0 bridgehead atoms. The molecule has 8 heteroatoms. The van der Waals surface area contributed by atoms with Crippen molar-refractivity contribution >= 4 is 5.91 Å². The van der Waals surface area contributed by atoms with E-state index in [1.807, 2.05) is 24.3 Å². The number of likely N-dealkylation sites (tertiary alicyclic amines) is 1. The van der Waals surface area contributed by atoms with E-state index in [9.17, 15) is 4.79 Å². The molecule has 1 aromatic heterocycles. The van der Waals surface area contributed by atoms with Crippen LogP contribution in [0.25, 0.3) is 11.4 Å². The first-order chi connectivity index (χ1) is 15.2. The molecular formula is C23H32N4O4. The fourth-order valence-electron chi connectivity index (χ4n) is 4.67. The van der Waals surface area contributed by atoms with Gasteiger partial charge in [-0.15, -0.1) is 0 Å². The smallest absolute Gasteiger partial charge is 0.230 e. The Morgan fingerprint density at radius 2 is 2.00 bits per heavy atom. The molecule has 1 aromatic carbocycles. The molecule has 31 heavy (non-hydrogen) atoms. The van der Waals surface area contributed by atoms with Crippen molar-refractivity contribution in [2.45, 2.75) is 38.0 Å². The number of ether oxygens (including phenoxy) is 1. The van der Waals surface area contributed by atoms with Crippen LogP contribution in [0.15, 0.2) is 28.8 Å². The van der Waals surface area contributed by atoms with Crippen molar-refractivity contribution in [2.75, 3.05) is 39.9 Å². The van der Waals surface area contributed by atoms with Gasteiger partial charge in [-0.05, 0) is 68.8 Å². The number of hydrogen-bond acceptors (Lipinski definition) is 7. The van der Waals surface area contributed by atoms with Crippen LogP contribution in [0, 0.1) is 11.8 Å². The second-order valence-electron chi connectivity index (χ2n) is 8.66. The molecule has 1 atom stereocenters. The van der Waals surface area contributed by atoms with Gasteiger partial charge in [-0.3, -0.25) is 4.79 Å². The summed E-state index contributed by atoms with van der Waals surface area (Å²) >= 11 is 0. The van der Waals surface area contributed by atoms with E-state index in [0.717, 1.165) is 69.6 Å². The van der Waals surface area contributed by atoms with Crippen LogP contribution in [0.3, 0.4) is 0 Å². The Labute approximate surface area is 183 Å². The second kappa shape index (κ2) is 10.2. The number of carbonyl (C=O) groups is 1. The van der Waals surface area contributed by atoms with Crippen LogP contribution in [0.1, 0.15) is 43.9 Å². The molecule has 1 aliphatic carbocycles. The molecule has 4 rings (SSSR count). The lowest BCUT2D eigenvalue weighted by atomic mass is 9.81. The first kappa shape index (κ1) is 21.8. The third-order valence-corrected chi connectivity index (χ3v) is 6.59. The van der Waals surface area contributed by atoms with Crippen molar-refractivity contribution in [3.63, 3.8) is 0 Å². The van der Waals surface area contributed by atoms with Gasteiger partial charge in [0.1, 0.15) is 5.75 Å². The molecule has 2 fully saturated rings. The largest absolute Gasteiger partial charge is 0.497 e. The van der Waals surface area contributed by atoms with E-state index in [4.69, 9.17) is 14.4 Å². The number of rotatable bonds is 8. The van der Waals surface area contributed by atoms with E-state index >= 15 is 0 Å². The molecule has 0 radical (unpaired) electrons. The van der Waals surface area contributed by atoms with Crippen LogP contribution in [0.5, 0.6) is 5.75 Å². The highest BCUT2D eigenvalue weighted by Crippen LogP contribution is 2.36. The Kier molecular flexibility index (Phi) is 7.19. The molecule has 2 N–H and O–H groups in total. The van der Waals surface area contributed by atoms with Gasteiger partial charge in [-0.1, -0.05) is 5.16 Å². The molecule has 1 saturated carbocycles. The Hall–Kier alpha value is -2.45. The summed E-state index contributed by atoms with van der Waals surface area (Å²) in [5.41, 5.74) is 0.897. The minimum absolute atomic E-state index is 0.0650. The quantitative estimate of drug-likeness (QED) is 0.666. The fraction of sp³-hybridized carbons (Fsp3) is 0.609. The van der Waals surface area contributed by atoms with Crippen molar-refractivity contribution in [3.05, 3.63) is 30.2 Å². The molecule has 168 valence electrons. The van der Waals surface area contributed by atoms with Crippen LogP contribution in [0.4, 0.5) is 0 Å². The lowest BCUT2D eigenvalue weighted by Crippen LogP contribution is -2.36. The molecular weight excluding hydrogens is 396 g/mol. The summed E-state index contributed by atoms with van der Waals surface area (Å²) in [6.45, 7) is 3.63. The second-order valence-corrected chi connectivity index (χ2v) is 8.66. The summed E-state index contributed by atoms with van der Waals surface area (Å²) in [6.07, 6.45) is 4.54. The third-order valence-electron chi connectivity index (χ3n) is 6.59. The molecule has 1 unspecified atom stereocenters. The average Bonchev–Trinajstić information content (AvgIpc) is 3.48. The van der Waals surface area contributed by atoms with Crippen molar-refractivity contribution in [1.29, 1.82) is 0 Å². The predicted molar refractivity (Wildman–Crippen MR) is 116 cm³/mol. The topological polar surface area (TPSA) is 101 Å². The standard InChI is InChI=1S/C23H32N4O4/c1-30-20-8-6-17(7-9-20)21-25-23(31-26-21)19-4-2-18(3-5-19)22(29)24-14-16-10-11-27(15-16)12-13-28/h6-9,16,18-19,28H,2-5,10-15H2,1H3,(H,24,29). The number of aliphatic hydroxyl groups excluding tert-OH is 1. The van der Waals surface area contributed by atoms with Gasteiger partial charge in [0.2, 0.25) is 17.6 Å². The zero-order valence-electron chi connectivity index (χ0n) is 18.1. The van der Waals surface area contributed by atoms with Crippen LogP contribution >= 0.6 is 0 Å². The Morgan fingerprint density at radius 3 is 2.71 bits per heavy atom. The zero-order chi connectivity index (χ0) is 21.6. The molecule has 1 aliphatic heterocycles. The van der Waals surface area contributed by atoms with Crippen LogP contribution in [-0.2, 0) is 4.79 Å². The summed E-state index contributed by atoms with van der Waals surface area (Å²) in [5.74, 6) is 2.98. The van der Waals surface area contributed by atoms with Crippen molar-refractivity contribution < 1.29 is 19.2 Å². The van der Waals surface area contributed by atoms with E-state index in [1.165, 1.54) is 0 Å². The number of β-amino-alcohol motifs (C(OH)–C–C–N with tert-alkyl or cyclic N) is 1. The average molecular weight is 429 g/mol. The van der Waals surface area contributed by atoms with Gasteiger partial charge in [-0.2, -0.15) is 4.98 Å². The van der Waals surface area contributed by atoms with Gasteiger partial charge < -0.3 is 24.6 Å². The lowest BCUT2D eigenvalue weighted by Gasteiger charge is -2.26. The normalized spacial score (nSPS) is 24.3. The Morgan fingerprint density at radius 1 is 1.23 bits per heavy atom. The van der Waals surface area contributed by atoms with E-state index in [-0.39, 0.29) is 24.3 Å². The summed E-state index contributed by atoms with van der Waals surface area (Å²) in [7, 11) is 1.64. The molecule has 2 aromatic rings. The molecule has 8 nitrogen and oxygen atoms in total. The summed E-state index contributed by atoms with van der Waals surface area (Å²) in [4.78, 5) is 19.5. The third kappa shape index (κ3) is 5.43. The summed E-state index contributed by atoms with van der Waals surface area (Å²) < 4.78 is 10.7. The van der Waals surface area contributed by atoms with Crippen molar-refractivity contribution in [3.8, 4) is 17.1 Å². The number of nitrogens with one attached hydrogen (secondary N) is 1. The number of aliphatic hydroxyl groups is 1. The maximum absolute atomic E-state index is 12.6. The molecule has 2 aliphatic rings. The van der Waals surface area contributed by atoms with Crippen molar-refractivity contribution in [1.82, 2.24) is 20.4 Å². The first-order valence-electron chi connectivity index (χ1n) is 11.2. The number of aromatic nitrogens is 2. The van der Waals surface area contributed by atoms with Crippen LogP contribution in [0.2, 0.25) is 0 Å². The molecule has 1 amide bonds. The fourth-order valence-corrected chi connectivity index (χ4v) is 4.67. The maximum Gasteiger partial charge on any atom is 0.230 e. The number of carbonyl (C=O) groups excluding carboxylic acids is 1. The van der Waals surface area contributed by atoms with Gasteiger partial charge in [0.25, 0.3) is 0 Å². The molecule has 2 heterocycles. The van der Waals surface area contributed by atoms with Crippen LogP contribution < -0.4 is 10.1 Å². The molecule has 0 spiro atoms. The first-order valence-corrected chi connectivity index (χ1v) is 11.2. The lowest BCUT2D eigenvalue weighted by molar-refractivity contribution is -0.126. The van der Waals surface area contributed by atoms with E-state index in [1.54, 1.807) is 7.11 Å². The van der Waals surface area contributed by atoms with Gasteiger partial charge in [-0.25, -0.2) is 0 Å². The van der Waals surface area contributed by atoms with E-state index in [0.29, 0.717) is 17.6 Å². The number of hydrogen-bond donors (Lipinski definition) is 2. The maximum atomic E-state index is 12.6. The SMILES string of the molecule is COc1ccc(-c2noc(C3CCC(C(=O)NCC4CCN(CCO)C4)CC3)n2)cc1. The molecule has 1 saturated heterocycles. The monoisotopic (exact) mass is 428 g/mol. The van der Waals surface area contributed by atoms with E-state index in [2.05, 4.69) is 20.4 Å². The number of benzene rings is 1. The van der Waals surface area contributed by atoms with Crippen LogP contribution in [-0.4, -0.2) is 65.9 Å². The minimum atomic E-state index is 0.0650. The van der Waals surface area contributed by atoms with Gasteiger partial charge in [0.05, 0.1) is 13.7 Å². The summed E-state index contributed by atoms with van der Waals surface area (Å²) in [5, 5.41) is 16.3. The zero-order valence-corrected chi connectivity index (χ0v) is 18.1. The Bertz CT molecular complexity index is 846. The van der Waals surface area contributed by atoms with Gasteiger partial charge in [0, 0.05) is 37.0 Å². The highest BCUT2D eigenvalue weighted by Gasteiger charge is 2.31. The number of amides is 1. The Balaban J connectivity index is 1.23. The van der Waals surface area contributed by atoms with E-state index < -0.39 is 0 Å². The van der Waals surface area contributed by atoms with Gasteiger partial charge in [0.15, 0.2) is 0 Å². The number of methoxy groups -OCH3 is 1. The predicted octanol–water partition coefficient (Wildman–Crippen LogP) is 2.45. The minimum Gasteiger partial charge on any atom is -0.497 e. The highest BCUT2D eigenvalue weighted by molar-refractivity contribution is 5.78.